The predicted octanol–water partition coefficient (Wildman–Crippen LogP) is 5.07. The van der Waals surface area contributed by atoms with Crippen LogP contribution in [0, 0.1) is 0 Å². The number of hydrogen-bond donors (Lipinski definition) is 1. The van der Waals surface area contributed by atoms with Crippen molar-refractivity contribution in [1.82, 2.24) is 5.32 Å². The lowest BCUT2D eigenvalue weighted by Gasteiger charge is -2.26. The number of rotatable bonds is 4. The molecule has 0 fully saturated rings. The standard InChI is InChI=1S/C17H20BrNS/c1-17(2,16-7-4-10-20-16)11-19-15-9-8-12-13(15)5-3-6-14(12)18/h3-7,10,15,19H,8-9,11H2,1-2H3. The number of thiophene rings is 1. The normalized spacial score (nSPS) is 18.2. The van der Waals surface area contributed by atoms with Crippen LogP contribution in [0.2, 0.25) is 0 Å². The lowest BCUT2D eigenvalue weighted by Crippen LogP contribution is -2.34. The summed E-state index contributed by atoms with van der Waals surface area (Å²) >= 11 is 5.52. The van der Waals surface area contributed by atoms with E-state index in [1.807, 2.05) is 11.3 Å². The van der Waals surface area contributed by atoms with E-state index in [1.165, 1.54) is 33.3 Å². The number of nitrogens with one attached hydrogen (secondary N) is 1. The minimum Gasteiger partial charge on any atom is -0.309 e. The fourth-order valence-corrected chi connectivity index (χ4v) is 4.38. The van der Waals surface area contributed by atoms with E-state index in [-0.39, 0.29) is 5.41 Å². The van der Waals surface area contributed by atoms with Crippen LogP contribution in [0.3, 0.4) is 0 Å². The average Bonchev–Trinajstić information content (AvgIpc) is 3.07. The Hall–Kier alpha value is -0.640. The minimum atomic E-state index is 0.197. The Kier molecular flexibility index (Phi) is 4.02. The van der Waals surface area contributed by atoms with Crippen molar-refractivity contribution in [2.24, 2.45) is 0 Å². The molecule has 1 aromatic heterocycles. The van der Waals surface area contributed by atoms with Crippen LogP contribution >= 0.6 is 27.3 Å². The molecule has 1 unspecified atom stereocenters. The van der Waals surface area contributed by atoms with Gasteiger partial charge in [0, 0.05) is 27.4 Å². The van der Waals surface area contributed by atoms with Crippen molar-refractivity contribution in [2.45, 2.75) is 38.1 Å². The van der Waals surface area contributed by atoms with Crippen molar-refractivity contribution in [2.75, 3.05) is 6.54 Å². The Balaban J connectivity index is 1.71. The Morgan fingerprint density at radius 1 is 1.30 bits per heavy atom. The highest BCUT2D eigenvalue weighted by Crippen LogP contribution is 2.36. The van der Waals surface area contributed by atoms with Crippen LogP contribution in [0.25, 0.3) is 0 Å². The third-order valence-electron chi connectivity index (χ3n) is 4.19. The quantitative estimate of drug-likeness (QED) is 0.812. The van der Waals surface area contributed by atoms with Crippen LogP contribution in [0.5, 0.6) is 0 Å². The van der Waals surface area contributed by atoms with Gasteiger partial charge >= 0.3 is 0 Å². The van der Waals surface area contributed by atoms with Crippen molar-refractivity contribution >= 4 is 27.3 Å². The van der Waals surface area contributed by atoms with Crippen LogP contribution in [0.1, 0.15) is 42.3 Å². The van der Waals surface area contributed by atoms with E-state index in [2.05, 4.69) is 70.8 Å². The third kappa shape index (κ3) is 2.72. The van der Waals surface area contributed by atoms with Gasteiger partial charge in [-0.3, -0.25) is 0 Å². The highest BCUT2D eigenvalue weighted by molar-refractivity contribution is 9.10. The van der Waals surface area contributed by atoms with Gasteiger partial charge in [0.2, 0.25) is 0 Å². The highest BCUT2D eigenvalue weighted by atomic mass is 79.9. The molecule has 0 saturated heterocycles. The van der Waals surface area contributed by atoms with Crippen molar-refractivity contribution < 1.29 is 0 Å². The van der Waals surface area contributed by atoms with Crippen LogP contribution < -0.4 is 5.32 Å². The molecule has 2 aromatic rings. The van der Waals surface area contributed by atoms with E-state index in [1.54, 1.807) is 0 Å². The molecule has 0 spiro atoms. The summed E-state index contributed by atoms with van der Waals surface area (Å²) < 4.78 is 1.26. The van der Waals surface area contributed by atoms with Gasteiger partial charge in [0.1, 0.15) is 0 Å². The molecule has 0 saturated carbocycles. The lowest BCUT2D eigenvalue weighted by molar-refractivity contribution is 0.426. The largest absolute Gasteiger partial charge is 0.309 e. The van der Waals surface area contributed by atoms with E-state index in [4.69, 9.17) is 0 Å². The van der Waals surface area contributed by atoms with Crippen molar-refractivity contribution in [3.05, 3.63) is 56.2 Å². The maximum Gasteiger partial charge on any atom is 0.0326 e. The van der Waals surface area contributed by atoms with Gasteiger partial charge in [0.05, 0.1) is 0 Å². The van der Waals surface area contributed by atoms with E-state index < -0.39 is 0 Å². The second-order valence-corrected chi connectivity index (χ2v) is 7.94. The molecule has 1 atom stereocenters. The number of hydrogen-bond acceptors (Lipinski definition) is 2. The molecule has 3 heteroatoms. The van der Waals surface area contributed by atoms with E-state index in [9.17, 15) is 0 Å². The number of benzene rings is 1. The van der Waals surface area contributed by atoms with Gasteiger partial charge in [-0.25, -0.2) is 0 Å². The second-order valence-electron chi connectivity index (χ2n) is 6.14. The van der Waals surface area contributed by atoms with Gasteiger partial charge < -0.3 is 5.32 Å². The molecule has 106 valence electrons. The van der Waals surface area contributed by atoms with E-state index >= 15 is 0 Å². The molecule has 3 rings (SSSR count). The van der Waals surface area contributed by atoms with Gasteiger partial charge in [0.15, 0.2) is 0 Å². The van der Waals surface area contributed by atoms with Crippen molar-refractivity contribution in [3.8, 4) is 0 Å². The molecule has 0 amide bonds. The van der Waals surface area contributed by atoms with Gasteiger partial charge in [-0.1, -0.05) is 48.0 Å². The maximum atomic E-state index is 3.78. The molecule has 1 aliphatic carbocycles. The van der Waals surface area contributed by atoms with E-state index in [0.29, 0.717) is 6.04 Å². The molecule has 0 aliphatic heterocycles. The molecule has 1 heterocycles. The molecule has 1 N–H and O–H groups in total. The summed E-state index contributed by atoms with van der Waals surface area (Å²) in [6, 6.07) is 11.4. The first-order chi connectivity index (χ1) is 9.58. The lowest BCUT2D eigenvalue weighted by atomic mass is 9.91. The van der Waals surface area contributed by atoms with Gasteiger partial charge in [-0.05, 0) is 41.5 Å². The van der Waals surface area contributed by atoms with Gasteiger partial charge in [0.25, 0.3) is 0 Å². The number of fused-ring (bicyclic) bond motifs is 1. The Morgan fingerprint density at radius 2 is 2.15 bits per heavy atom. The first-order valence-corrected chi connectivity index (χ1v) is 8.80. The fourth-order valence-electron chi connectivity index (χ4n) is 2.95. The Labute approximate surface area is 133 Å². The van der Waals surface area contributed by atoms with Crippen molar-refractivity contribution in [3.63, 3.8) is 0 Å². The molecule has 1 aromatic carbocycles. The topological polar surface area (TPSA) is 12.0 Å². The second kappa shape index (κ2) is 5.63. The molecule has 0 radical (unpaired) electrons. The first-order valence-electron chi connectivity index (χ1n) is 7.12. The molecule has 0 bridgehead atoms. The van der Waals surface area contributed by atoms with Gasteiger partial charge in [-0.15, -0.1) is 11.3 Å². The summed E-state index contributed by atoms with van der Waals surface area (Å²) in [7, 11) is 0. The SMILES string of the molecule is CC(C)(CNC1CCc2c(Br)cccc21)c1cccs1. The zero-order chi connectivity index (χ0) is 14.2. The summed E-state index contributed by atoms with van der Waals surface area (Å²) in [6.07, 6.45) is 2.38. The molecular weight excluding hydrogens is 330 g/mol. The maximum absolute atomic E-state index is 3.78. The van der Waals surface area contributed by atoms with E-state index in [0.717, 1.165) is 6.54 Å². The smallest absolute Gasteiger partial charge is 0.0326 e. The zero-order valence-electron chi connectivity index (χ0n) is 11.9. The summed E-state index contributed by atoms with van der Waals surface area (Å²) in [4.78, 5) is 1.46. The molecule has 20 heavy (non-hydrogen) atoms. The summed E-state index contributed by atoms with van der Waals surface area (Å²) in [6.45, 7) is 5.66. The predicted molar refractivity (Wildman–Crippen MR) is 90.6 cm³/mol. The molecular formula is C17H20BrNS. The minimum absolute atomic E-state index is 0.197. The average molecular weight is 350 g/mol. The highest BCUT2D eigenvalue weighted by Gasteiger charge is 2.27. The molecule has 1 aliphatic rings. The van der Waals surface area contributed by atoms with Gasteiger partial charge in [-0.2, -0.15) is 0 Å². The van der Waals surface area contributed by atoms with Crippen LogP contribution in [-0.2, 0) is 11.8 Å². The van der Waals surface area contributed by atoms with Crippen molar-refractivity contribution in [1.29, 1.82) is 0 Å². The summed E-state index contributed by atoms with van der Waals surface area (Å²) in [5.74, 6) is 0. The third-order valence-corrected chi connectivity index (χ3v) is 6.17. The summed E-state index contributed by atoms with van der Waals surface area (Å²) in [5, 5.41) is 5.95. The Morgan fingerprint density at radius 3 is 2.90 bits per heavy atom. The fraction of sp³-hybridized carbons (Fsp3) is 0.412. The summed E-state index contributed by atoms with van der Waals surface area (Å²) in [5.41, 5.74) is 3.16. The monoisotopic (exact) mass is 349 g/mol. The van der Waals surface area contributed by atoms with Crippen LogP contribution in [-0.4, -0.2) is 6.54 Å². The first kappa shape index (κ1) is 14.3. The number of halogens is 1. The van der Waals surface area contributed by atoms with Crippen LogP contribution in [0.4, 0.5) is 0 Å². The molecule has 1 nitrogen and oxygen atoms in total. The Bertz CT molecular complexity index is 589. The van der Waals surface area contributed by atoms with Crippen LogP contribution in [0.15, 0.2) is 40.2 Å². The zero-order valence-corrected chi connectivity index (χ0v) is 14.4.